The fraction of sp³-hybridized carbons (Fsp3) is 0.200. The van der Waals surface area contributed by atoms with Crippen LogP contribution in [0.4, 0.5) is 0 Å². The molecule has 1 N–H and O–H groups in total. The van der Waals surface area contributed by atoms with Crippen LogP contribution in [-0.4, -0.2) is 32.0 Å². The third-order valence-electron chi connectivity index (χ3n) is 3.09. The van der Waals surface area contributed by atoms with Crippen LogP contribution in [-0.2, 0) is 6.42 Å². The van der Waals surface area contributed by atoms with Gasteiger partial charge in [0.05, 0.1) is 11.3 Å². The monoisotopic (exact) mass is 281 g/mol. The minimum absolute atomic E-state index is 0.159. The highest BCUT2D eigenvalue weighted by Gasteiger charge is 2.08. The van der Waals surface area contributed by atoms with Gasteiger partial charge in [-0.2, -0.15) is 5.10 Å². The summed E-state index contributed by atoms with van der Waals surface area (Å²) in [7, 11) is 0. The van der Waals surface area contributed by atoms with Gasteiger partial charge in [-0.25, -0.2) is 9.50 Å². The van der Waals surface area contributed by atoms with Gasteiger partial charge in [0, 0.05) is 43.3 Å². The minimum Gasteiger partial charge on any atom is -0.352 e. The van der Waals surface area contributed by atoms with Gasteiger partial charge in [-0.1, -0.05) is 6.07 Å². The van der Waals surface area contributed by atoms with Crippen molar-refractivity contribution in [2.45, 2.75) is 13.3 Å². The lowest BCUT2D eigenvalue weighted by Gasteiger charge is -2.05. The molecule has 1 amide bonds. The number of hydrogen-bond acceptors (Lipinski definition) is 4. The largest absolute Gasteiger partial charge is 0.352 e. The first-order chi connectivity index (χ1) is 10.2. The van der Waals surface area contributed by atoms with Crippen molar-refractivity contribution in [2.24, 2.45) is 0 Å². The number of aryl methyl sites for hydroxylation is 1. The lowest BCUT2D eigenvalue weighted by molar-refractivity contribution is 0.0953. The van der Waals surface area contributed by atoms with Crippen molar-refractivity contribution >= 4 is 11.6 Å². The molecular weight excluding hydrogens is 266 g/mol. The molecule has 0 fully saturated rings. The van der Waals surface area contributed by atoms with E-state index < -0.39 is 0 Å². The number of pyridine rings is 1. The third-order valence-corrected chi connectivity index (χ3v) is 3.09. The maximum atomic E-state index is 12.1. The SMILES string of the molecule is Cc1cc2ncc(C(=O)NCCc3ccccn3)cn2n1. The Kier molecular flexibility index (Phi) is 3.59. The molecule has 106 valence electrons. The highest BCUT2D eigenvalue weighted by molar-refractivity contribution is 5.93. The van der Waals surface area contributed by atoms with Crippen LogP contribution in [0.25, 0.3) is 5.65 Å². The predicted octanol–water partition coefficient (Wildman–Crippen LogP) is 1.41. The van der Waals surface area contributed by atoms with Crippen LogP contribution >= 0.6 is 0 Å². The smallest absolute Gasteiger partial charge is 0.254 e. The molecule has 0 aromatic carbocycles. The summed E-state index contributed by atoms with van der Waals surface area (Å²) in [6, 6.07) is 7.60. The summed E-state index contributed by atoms with van der Waals surface area (Å²) in [5, 5.41) is 7.11. The Labute approximate surface area is 121 Å². The Balaban J connectivity index is 1.63. The van der Waals surface area contributed by atoms with E-state index in [4.69, 9.17) is 0 Å². The maximum absolute atomic E-state index is 12.1. The Hall–Kier alpha value is -2.76. The van der Waals surface area contributed by atoms with Crippen molar-refractivity contribution in [1.82, 2.24) is 24.9 Å². The van der Waals surface area contributed by atoms with Crippen LogP contribution in [0.1, 0.15) is 21.7 Å². The number of rotatable bonds is 4. The van der Waals surface area contributed by atoms with E-state index in [-0.39, 0.29) is 5.91 Å². The van der Waals surface area contributed by atoms with Crippen molar-refractivity contribution in [3.63, 3.8) is 0 Å². The van der Waals surface area contributed by atoms with E-state index in [1.807, 2.05) is 31.2 Å². The fourth-order valence-corrected chi connectivity index (χ4v) is 2.06. The molecule has 6 nitrogen and oxygen atoms in total. The molecule has 0 unspecified atom stereocenters. The summed E-state index contributed by atoms with van der Waals surface area (Å²) < 4.78 is 1.61. The maximum Gasteiger partial charge on any atom is 0.254 e. The molecule has 3 aromatic heterocycles. The number of hydrogen-bond donors (Lipinski definition) is 1. The summed E-state index contributed by atoms with van der Waals surface area (Å²) in [6.07, 6.45) is 5.69. The number of nitrogens with one attached hydrogen (secondary N) is 1. The predicted molar refractivity (Wildman–Crippen MR) is 78.0 cm³/mol. The molecule has 0 saturated heterocycles. The van der Waals surface area contributed by atoms with E-state index in [1.165, 1.54) is 0 Å². The van der Waals surface area contributed by atoms with Gasteiger partial charge in [0.2, 0.25) is 0 Å². The number of fused-ring (bicyclic) bond motifs is 1. The second-order valence-electron chi connectivity index (χ2n) is 4.76. The molecule has 0 atom stereocenters. The van der Waals surface area contributed by atoms with Gasteiger partial charge in [-0.15, -0.1) is 0 Å². The summed E-state index contributed by atoms with van der Waals surface area (Å²) in [5.41, 5.74) is 3.05. The first-order valence-electron chi connectivity index (χ1n) is 6.72. The zero-order chi connectivity index (χ0) is 14.7. The number of carbonyl (C=O) groups is 1. The van der Waals surface area contributed by atoms with Crippen molar-refractivity contribution in [3.05, 3.63) is 59.8 Å². The number of amides is 1. The molecule has 0 aliphatic rings. The van der Waals surface area contributed by atoms with E-state index in [0.29, 0.717) is 18.5 Å². The van der Waals surface area contributed by atoms with Gasteiger partial charge in [0.1, 0.15) is 0 Å². The Morgan fingerprint density at radius 2 is 2.24 bits per heavy atom. The second kappa shape index (κ2) is 5.70. The van der Waals surface area contributed by atoms with E-state index in [1.54, 1.807) is 23.1 Å². The van der Waals surface area contributed by atoms with Crippen molar-refractivity contribution < 1.29 is 4.79 Å². The second-order valence-corrected chi connectivity index (χ2v) is 4.76. The first kappa shape index (κ1) is 13.2. The molecule has 0 bridgehead atoms. The van der Waals surface area contributed by atoms with Crippen LogP contribution < -0.4 is 5.32 Å². The van der Waals surface area contributed by atoms with Gasteiger partial charge in [0.25, 0.3) is 5.91 Å². The highest BCUT2D eigenvalue weighted by Crippen LogP contribution is 2.04. The van der Waals surface area contributed by atoms with Gasteiger partial charge in [-0.05, 0) is 19.1 Å². The summed E-state index contributed by atoms with van der Waals surface area (Å²) in [5.74, 6) is -0.159. The Bertz CT molecular complexity index is 766. The average Bonchev–Trinajstić information content (AvgIpc) is 2.87. The molecule has 3 rings (SSSR count). The lowest BCUT2D eigenvalue weighted by Crippen LogP contribution is -2.26. The quantitative estimate of drug-likeness (QED) is 0.784. The molecule has 3 aromatic rings. The number of carbonyl (C=O) groups excluding carboxylic acids is 1. The first-order valence-corrected chi connectivity index (χ1v) is 6.72. The van der Waals surface area contributed by atoms with E-state index >= 15 is 0 Å². The average molecular weight is 281 g/mol. The molecular formula is C15H15N5O. The molecule has 3 heterocycles. The molecule has 6 heteroatoms. The van der Waals surface area contributed by atoms with Gasteiger partial charge in [-0.3, -0.25) is 9.78 Å². The van der Waals surface area contributed by atoms with Crippen LogP contribution in [0.2, 0.25) is 0 Å². The molecule has 21 heavy (non-hydrogen) atoms. The van der Waals surface area contributed by atoms with Crippen molar-refractivity contribution in [2.75, 3.05) is 6.54 Å². The van der Waals surface area contributed by atoms with E-state index in [2.05, 4.69) is 20.4 Å². The zero-order valence-electron chi connectivity index (χ0n) is 11.7. The third kappa shape index (κ3) is 3.05. The molecule has 0 spiro atoms. The topological polar surface area (TPSA) is 72.2 Å². The summed E-state index contributed by atoms with van der Waals surface area (Å²) in [6.45, 7) is 2.42. The number of aromatic nitrogens is 4. The number of nitrogens with zero attached hydrogens (tertiary/aromatic N) is 4. The molecule has 0 radical (unpaired) electrons. The van der Waals surface area contributed by atoms with E-state index in [9.17, 15) is 4.79 Å². The van der Waals surface area contributed by atoms with Crippen molar-refractivity contribution in [3.8, 4) is 0 Å². The zero-order valence-corrected chi connectivity index (χ0v) is 11.7. The highest BCUT2D eigenvalue weighted by atomic mass is 16.1. The van der Waals surface area contributed by atoms with Gasteiger partial charge >= 0.3 is 0 Å². The van der Waals surface area contributed by atoms with Gasteiger partial charge in [0.15, 0.2) is 5.65 Å². The fourth-order valence-electron chi connectivity index (χ4n) is 2.06. The lowest BCUT2D eigenvalue weighted by atomic mass is 10.2. The molecule has 0 aliphatic carbocycles. The molecule has 0 saturated carbocycles. The summed E-state index contributed by atoms with van der Waals surface area (Å²) in [4.78, 5) is 20.5. The molecule has 0 aliphatic heterocycles. The minimum atomic E-state index is -0.159. The van der Waals surface area contributed by atoms with Gasteiger partial charge < -0.3 is 5.32 Å². The Morgan fingerprint density at radius 3 is 3.05 bits per heavy atom. The normalized spacial score (nSPS) is 10.7. The summed E-state index contributed by atoms with van der Waals surface area (Å²) >= 11 is 0. The van der Waals surface area contributed by atoms with E-state index in [0.717, 1.165) is 17.0 Å². The van der Waals surface area contributed by atoms with Crippen LogP contribution in [0.3, 0.4) is 0 Å². The standard InChI is InChI=1S/C15H15N5O/c1-11-8-14-18-9-12(10-20(14)19-11)15(21)17-7-5-13-4-2-3-6-16-13/h2-4,6,8-10H,5,7H2,1H3,(H,17,21). The van der Waals surface area contributed by atoms with Crippen LogP contribution in [0, 0.1) is 6.92 Å². The van der Waals surface area contributed by atoms with Crippen molar-refractivity contribution in [1.29, 1.82) is 0 Å². The Morgan fingerprint density at radius 1 is 1.33 bits per heavy atom. The van der Waals surface area contributed by atoms with Crippen LogP contribution in [0.5, 0.6) is 0 Å². The van der Waals surface area contributed by atoms with Crippen LogP contribution in [0.15, 0.2) is 42.9 Å².